The molecule has 6 nitrogen and oxygen atoms in total. The number of pyridine rings is 1. The summed E-state index contributed by atoms with van der Waals surface area (Å²) >= 11 is 0. The van der Waals surface area contributed by atoms with Crippen molar-refractivity contribution in [2.75, 3.05) is 13.1 Å². The lowest BCUT2D eigenvalue weighted by atomic mass is 10.1. The average molecular weight is 280 g/mol. The third-order valence-electron chi connectivity index (χ3n) is 3.09. The largest absolute Gasteiger partial charge is 0.490 e. The number of nitrogens with zero attached hydrogens (tertiary/aromatic N) is 1. The van der Waals surface area contributed by atoms with Gasteiger partial charge in [-0.25, -0.2) is 4.79 Å². The van der Waals surface area contributed by atoms with Crippen LogP contribution in [-0.4, -0.2) is 41.3 Å². The summed E-state index contributed by atoms with van der Waals surface area (Å²) < 4.78 is 10.9. The van der Waals surface area contributed by atoms with E-state index in [4.69, 9.17) is 9.47 Å². The van der Waals surface area contributed by atoms with E-state index in [1.807, 2.05) is 13.8 Å². The summed E-state index contributed by atoms with van der Waals surface area (Å²) in [6.45, 7) is 4.89. The summed E-state index contributed by atoms with van der Waals surface area (Å²) in [6.07, 6.45) is 2.69. The third kappa shape index (κ3) is 4.01. The van der Waals surface area contributed by atoms with Gasteiger partial charge >= 0.3 is 6.09 Å². The van der Waals surface area contributed by atoms with Gasteiger partial charge < -0.3 is 19.4 Å². The summed E-state index contributed by atoms with van der Waals surface area (Å²) in [5.74, 6) is 0.567. The molecule has 0 saturated carbocycles. The molecular formula is C14H20N2O4. The van der Waals surface area contributed by atoms with Crippen LogP contribution >= 0.6 is 0 Å². The van der Waals surface area contributed by atoms with Crippen LogP contribution in [0.1, 0.15) is 26.7 Å². The molecule has 0 aliphatic carbocycles. The second-order valence-corrected chi connectivity index (χ2v) is 5.13. The van der Waals surface area contributed by atoms with Crippen LogP contribution < -0.4 is 10.3 Å². The highest BCUT2D eigenvalue weighted by Crippen LogP contribution is 2.18. The van der Waals surface area contributed by atoms with Crippen LogP contribution in [0.15, 0.2) is 23.1 Å². The van der Waals surface area contributed by atoms with E-state index in [1.165, 1.54) is 6.07 Å². The van der Waals surface area contributed by atoms with Crippen LogP contribution in [0.2, 0.25) is 0 Å². The van der Waals surface area contributed by atoms with Crippen LogP contribution in [0.25, 0.3) is 0 Å². The number of nitrogens with one attached hydrogen (secondary N) is 1. The Balaban J connectivity index is 1.82. The number of piperidine rings is 1. The van der Waals surface area contributed by atoms with E-state index in [2.05, 4.69) is 4.98 Å². The van der Waals surface area contributed by atoms with E-state index in [1.54, 1.807) is 17.2 Å². The molecule has 1 aromatic heterocycles. The Morgan fingerprint density at radius 3 is 2.70 bits per heavy atom. The maximum absolute atomic E-state index is 11.7. The number of rotatable bonds is 3. The van der Waals surface area contributed by atoms with E-state index in [0.29, 0.717) is 18.8 Å². The summed E-state index contributed by atoms with van der Waals surface area (Å²) in [5.41, 5.74) is -0.180. The van der Waals surface area contributed by atoms with Gasteiger partial charge in [0.2, 0.25) is 0 Å². The summed E-state index contributed by atoms with van der Waals surface area (Å²) in [6, 6.07) is 3.15. The lowest BCUT2D eigenvalue weighted by molar-refractivity contribution is 0.0517. The molecular weight excluding hydrogens is 260 g/mol. The van der Waals surface area contributed by atoms with Crippen molar-refractivity contribution in [3.05, 3.63) is 28.7 Å². The minimum atomic E-state index is -0.269. The van der Waals surface area contributed by atoms with Gasteiger partial charge in [-0.2, -0.15) is 0 Å². The normalized spacial score (nSPS) is 16.2. The fraction of sp³-hybridized carbons (Fsp3) is 0.571. The SMILES string of the molecule is CC(C)OC(=O)N1CCC(Oc2cc[nH]c(=O)c2)CC1. The standard InChI is InChI=1S/C14H20N2O4/c1-10(2)19-14(18)16-7-4-11(5-8-16)20-12-3-6-15-13(17)9-12/h3,6,9-11H,4-5,7-8H2,1-2H3,(H,15,17). The average Bonchev–Trinajstić information content (AvgIpc) is 2.38. The molecule has 6 heteroatoms. The van der Waals surface area contributed by atoms with Gasteiger partial charge in [-0.1, -0.05) is 0 Å². The maximum atomic E-state index is 11.7. The van der Waals surface area contributed by atoms with Gasteiger partial charge in [-0.15, -0.1) is 0 Å². The van der Waals surface area contributed by atoms with Crippen molar-refractivity contribution < 1.29 is 14.3 Å². The maximum Gasteiger partial charge on any atom is 0.410 e. The summed E-state index contributed by atoms with van der Waals surface area (Å²) in [7, 11) is 0. The number of H-pyrrole nitrogens is 1. The number of hydrogen-bond donors (Lipinski definition) is 1. The first-order valence-corrected chi connectivity index (χ1v) is 6.85. The Morgan fingerprint density at radius 2 is 2.10 bits per heavy atom. The second kappa shape index (κ2) is 6.45. The number of aromatic amines is 1. The molecule has 110 valence electrons. The van der Waals surface area contributed by atoms with Crippen molar-refractivity contribution in [2.45, 2.75) is 38.9 Å². The van der Waals surface area contributed by atoms with Crippen molar-refractivity contribution >= 4 is 6.09 Å². The van der Waals surface area contributed by atoms with Gasteiger partial charge in [0, 0.05) is 38.2 Å². The van der Waals surface area contributed by atoms with Crippen LogP contribution in [0, 0.1) is 0 Å². The van der Waals surface area contributed by atoms with Crippen LogP contribution in [0.5, 0.6) is 5.75 Å². The number of ether oxygens (including phenoxy) is 2. The molecule has 0 aromatic carbocycles. The van der Waals surface area contributed by atoms with Gasteiger partial charge in [-0.3, -0.25) is 4.79 Å². The van der Waals surface area contributed by atoms with Crippen molar-refractivity contribution in [1.82, 2.24) is 9.88 Å². The number of carbonyl (C=O) groups is 1. The molecule has 0 spiro atoms. The van der Waals surface area contributed by atoms with Gasteiger partial charge in [0.1, 0.15) is 11.9 Å². The quantitative estimate of drug-likeness (QED) is 0.915. The Morgan fingerprint density at radius 1 is 1.40 bits per heavy atom. The number of likely N-dealkylation sites (tertiary alicyclic amines) is 1. The lowest BCUT2D eigenvalue weighted by Gasteiger charge is -2.31. The first-order chi connectivity index (χ1) is 9.54. The Bertz CT molecular complexity index is 504. The molecule has 1 N–H and O–H groups in total. The summed E-state index contributed by atoms with van der Waals surface area (Å²) in [4.78, 5) is 27.1. The lowest BCUT2D eigenvalue weighted by Crippen LogP contribution is -2.42. The van der Waals surface area contributed by atoms with Gasteiger partial charge in [0.25, 0.3) is 5.56 Å². The minimum absolute atomic E-state index is 0.0277. The number of carbonyl (C=O) groups excluding carboxylic acids is 1. The van der Waals surface area contributed by atoms with Crippen molar-refractivity contribution in [3.8, 4) is 5.75 Å². The van der Waals surface area contributed by atoms with Crippen LogP contribution in [0.3, 0.4) is 0 Å². The van der Waals surface area contributed by atoms with Gasteiger partial charge in [-0.05, 0) is 19.9 Å². The third-order valence-corrected chi connectivity index (χ3v) is 3.09. The van der Waals surface area contributed by atoms with E-state index >= 15 is 0 Å². The molecule has 1 saturated heterocycles. The Hall–Kier alpha value is -1.98. The molecule has 2 rings (SSSR count). The predicted molar refractivity (Wildman–Crippen MR) is 73.9 cm³/mol. The first-order valence-electron chi connectivity index (χ1n) is 6.85. The molecule has 0 bridgehead atoms. The Kier molecular flexibility index (Phi) is 4.65. The number of amides is 1. The predicted octanol–water partition coefficient (Wildman–Crippen LogP) is 1.76. The Labute approximate surface area is 117 Å². The minimum Gasteiger partial charge on any atom is -0.490 e. The zero-order valence-corrected chi connectivity index (χ0v) is 11.8. The van der Waals surface area contributed by atoms with Crippen LogP contribution in [0.4, 0.5) is 4.79 Å². The fourth-order valence-corrected chi connectivity index (χ4v) is 2.12. The molecule has 2 heterocycles. The fourth-order valence-electron chi connectivity index (χ4n) is 2.12. The van der Waals surface area contributed by atoms with E-state index in [0.717, 1.165) is 12.8 Å². The molecule has 0 unspecified atom stereocenters. The molecule has 1 aromatic rings. The monoisotopic (exact) mass is 280 g/mol. The first kappa shape index (κ1) is 14.4. The second-order valence-electron chi connectivity index (χ2n) is 5.13. The number of aromatic nitrogens is 1. The zero-order chi connectivity index (χ0) is 14.5. The number of hydrogen-bond acceptors (Lipinski definition) is 4. The molecule has 1 fully saturated rings. The topological polar surface area (TPSA) is 71.6 Å². The highest BCUT2D eigenvalue weighted by Gasteiger charge is 2.25. The van der Waals surface area contributed by atoms with E-state index in [-0.39, 0.29) is 23.9 Å². The van der Waals surface area contributed by atoms with Crippen LogP contribution in [-0.2, 0) is 4.74 Å². The highest BCUT2D eigenvalue weighted by atomic mass is 16.6. The smallest absolute Gasteiger partial charge is 0.410 e. The van der Waals surface area contributed by atoms with Gasteiger partial charge in [0.05, 0.1) is 6.10 Å². The van der Waals surface area contributed by atoms with E-state index in [9.17, 15) is 9.59 Å². The zero-order valence-electron chi connectivity index (χ0n) is 11.8. The van der Waals surface area contributed by atoms with E-state index < -0.39 is 0 Å². The molecule has 1 amide bonds. The van der Waals surface area contributed by atoms with Crippen molar-refractivity contribution in [1.29, 1.82) is 0 Å². The molecule has 1 aliphatic rings. The molecule has 1 aliphatic heterocycles. The summed E-state index contributed by atoms with van der Waals surface area (Å²) in [5, 5.41) is 0. The molecule has 20 heavy (non-hydrogen) atoms. The molecule has 0 radical (unpaired) electrons. The highest BCUT2D eigenvalue weighted by molar-refractivity contribution is 5.67. The molecule has 0 atom stereocenters. The van der Waals surface area contributed by atoms with Gasteiger partial charge in [0.15, 0.2) is 0 Å². The van der Waals surface area contributed by atoms with Crippen molar-refractivity contribution in [3.63, 3.8) is 0 Å². The van der Waals surface area contributed by atoms with Crippen molar-refractivity contribution in [2.24, 2.45) is 0 Å².